The smallest absolute Gasteiger partial charge is 0.327 e. The largest absolute Gasteiger partial charge is 0.468 e. The summed E-state index contributed by atoms with van der Waals surface area (Å²) in [5, 5.41) is 1.12. The molecule has 4 rings (SSSR count). The Hall–Kier alpha value is -2.67. The second-order valence-corrected chi connectivity index (χ2v) is 8.82. The van der Waals surface area contributed by atoms with Crippen molar-refractivity contribution in [3.05, 3.63) is 87.3 Å². The van der Waals surface area contributed by atoms with Gasteiger partial charge in [-0.2, -0.15) is 0 Å². The average molecular weight is 456 g/mol. The zero-order chi connectivity index (χ0) is 21.8. The Morgan fingerprint density at radius 2 is 1.87 bits per heavy atom. The Morgan fingerprint density at radius 3 is 2.61 bits per heavy atom. The van der Waals surface area contributed by atoms with Crippen LogP contribution >= 0.6 is 22.9 Å². The van der Waals surface area contributed by atoms with Crippen molar-refractivity contribution < 1.29 is 19.1 Å². The summed E-state index contributed by atoms with van der Waals surface area (Å²) >= 11 is 7.87. The average Bonchev–Trinajstić information content (AvgIpc) is 3.17. The maximum Gasteiger partial charge on any atom is 0.327 e. The molecule has 0 radical (unpaired) electrons. The number of fused-ring (bicyclic) bond motifs is 1. The molecule has 2 aromatic carbocycles. The molecule has 0 N–H and O–H groups in total. The van der Waals surface area contributed by atoms with Crippen LogP contribution in [0.1, 0.15) is 27.6 Å². The van der Waals surface area contributed by atoms with E-state index in [4.69, 9.17) is 21.1 Å². The Morgan fingerprint density at radius 1 is 1.13 bits per heavy atom. The highest BCUT2D eigenvalue weighted by atomic mass is 35.5. The number of thiophene rings is 1. The SMILES string of the molecule is COC(=O)[C@H](c1ccccc1Cl)N1CCc2sc(OC(=O)Cc3ccccc3)cc2C1. The number of carbonyl (C=O) groups is 2. The molecule has 7 heteroatoms. The van der Waals surface area contributed by atoms with Gasteiger partial charge >= 0.3 is 11.9 Å². The van der Waals surface area contributed by atoms with E-state index < -0.39 is 6.04 Å². The first-order valence-electron chi connectivity index (χ1n) is 9.97. The highest BCUT2D eigenvalue weighted by molar-refractivity contribution is 7.14. The molecule has 2 heterocycles. The molecule has 1 aliphatic rings. The molecule has 5 nitrogen and oxygen atoms in total. The highest BCUT2D eigenvalue weighted by Gasteiger charge is 2.33. The van der Waals surface area contributed by atoms with Crippen LogP contribution in [0.2, 0.25) is 5.02 Å². The zero-order valence-electron chi connectivity index (χ0n) is 17.0. The number of halogens is 1. The van der Waals surface area contributed by atoms with Crippen LogP contribution in [0.25, 0.3) is 0 Å². The van der Waals surface area contributed by atoms with Gasteiger partial charge in [0.05, 0.1) is 13.5 Å². The first kappa shape index (κ1) is 21.6. The minimum atomic E-state index is -0.587. The molecule has 0 spiro atoms. The van der Waals surface area contributed by atoms with Crippen molar-refractivity contribution in [2.75, 3.05) is 13.7 Å². The van der Waals surface area contributed by atoms with Gasteiger partial charge in [-0.15, -0.1) is 11.3 Å². The summed E-state index contributed by atoms with van der Waals surface area (Å²) in [5.41, 5.74) is 2.70. The van der Waals surface area contributed by atoms with Crippen molar-refractivity contribution in [3.8, 4) is 5.06 Å². The number of hydrogen-bond donors (Lipinski definition) is 0. The van der Waals surface area contributed by atoms with E-state index in [2.05, 4.69) is 4.90 Å². The molecule has 31 heavy (non-hydrogen) atoms. The quantitative estimate of drug-likeness (QED) is 0.499. The Labute approximate surface area is 190 Å². The van der Waals surface area contributed by atoms with Crippen LogP contribution in [0.15, 0.2) is 60.7 Å². The summed E-state index contributed by atoms with van der Waals surface area (Å²) < 4.78 is 10.7. The molecule has 0 amide bonds. The lowest BCUT2D eigenvalue weighted by molar-refractivity contribution is -0.147. The zero-order valence-corrected chi connectivity index (χ0v) is 18.6. The van der Waals surface area contributed by atoms with E-state index in [1.807, 2.05) is 54.6 Å². The van der Waals surface area contributed by atoms with E-state index in [0.717, 1.165) is 23.1 Å². The van der Waals surface area contributed by atoms with Crippen molar-refractivity contribution in [1.82, 2.24) is 4.90 Å². The van der Waals surface area contributed by atoms with Crippen molar-refractivity contribution in [3.63, 3.8) is 0 Å². The fraction of sp³-hybridized carbons (Fsp3) is 0.250. The monoisotopic (exact) mass is 455 g/mol. The predicted molar refractivity (Wildman–Crippen MR) is 120 cm³/mol. The van der Waals surface area contributed by atoms with Gasteiger partial charge in [0.2, 0.25) is 0 Å². The Balaban J connectivity index is 1.49. The third-order valence-corrected chi connectivity index (χ3v) is 6.73. The summed E-state index contributed by atoms with van der Waals surface area (Å²) in [6, 6.07) is 18.2. The van der Waals surface area contributed by atoms with E-state index in [9.17, 15) is 9.59 Å². The van der Waals surface area contributed by atoms with Gasteiger partial charge in [0.1, 0.15) is 6.04 Å². The normalized spacial score (nSPS) is 14.5. The molecule has 0 saturated heterocycles. The van der Waals surface area contributed by atoms with E-state index in [-0.39, 0.29) is 18.4 Å². The van der Waals surface area contributed by atoms with E-state index in [1.165, 1.54) is 23.3 Å². The van der Waals surface area contributed by atoms with Gasteiger partial charge in [-0.05, 0) is 35.2 Å². The molecular formula is C24H22ClNO4S. The number of hydrogen-bond acceptors (Lipinski definition) is 6. The Bertz CT molecular complexity index is 1080. The number of carbonyl (C=O) groups excluding carboxylic acids is 2. The number of rotatable bonds is 6. The maximum atomic E-state index is 12.6. The van der Waals surface area contributed by atoms with Gasteiger partial charge in [0, 0.05) is 23.0 Å². The van der Waals surface area contributed by atoms with Crippen molar-refractivity contribution in [2.45, 2.75) is 25.4 Å². The fourth-order valence-electron chi connectivity index (χ4n) is 3.79. The Kier molecular flexibility index (Phi) is 6.70. The van der Waals surface area contributed by atoms with E-state index >= 15 is 0 Å². The van der Waals surface area contributed by atoms with Gasteiger partial charge in [0.25, 0.3) is 0 Å². The molecule has 3 aromatic rings. The number of nitrogens with zero attached hydrogens (tertiary/aromatic N) is 1. The number of methoxy groups -OCH3 is 1. The maximum absolute atomic E-state index is 12.6. The summed E-state index contributed by atoms with van der Waals surface area (Å²) in [5.74, 6) is -0.633. The van der Waals surface area contributed by atoms with E-state index in [1.54, 1.807) is 6.07 Å². The molecule has 1 aromatic heterocycles. The van der Waals surface area contributed by atoms with Crippen LogP contribution in [0, 0.1) is 0 Å². The summed E-state index contributed by atoms with van der Waals surface area (Å²) in [7, 11) is 1.39. The number of ether oxygens (including phenoxy) is 2. The van der Waals surface area contributed by atoms with Crippen molar-refractivity contribution in [1.29, 1.82) is 0 Å². The van der Waals surface area contributed by atoms with Crippen LogP contribution in [0.3, 0.4) is 0 Å². The highest BCUT2D eigenvalue weighted by Crippen LogP contribution is 2.37. The standard InChI is InChI=1S/C24H22ClNO4S/c1-29-24(28)23(18-9-5-6-10-19(18)25)26-12-11-20-17(15-26)14-22(31-20)30-21(27)13-16-7-3-2-4-8-16/h2-10,14,23H,11-13,15H2,1H3/t23-/m0/s1. The van der Waals surface area contributed by atoms with Gasteiger partial charge in [0.15, 0.2) is 5.06 Å². The van der Waals surface area contributed by atoms with Crippen LogP contribution < -0.4 is 4.74 Å². The van der Waals surface area contributed by atoms with Crippen LogP contribution in [0.4, 0.5) is 0 Å². The first-order valence-corrected chi connectivity index (χ1v) is 11.2. The van der Waals surface area contributed by atoms with E-state index in [0.29, 0.717) is 23.2 Å². The first-order chi connectivity index (χ1) is 15.0. The predicted octanol–water partition coefficient (Wildman–Crippen LogP) is 4.82. The van der Waals surface area contributed by atoms with Gasteiger partial charge < -0.3 is 9.47 Å². The fourth-order valence-corrected chi connectivity index (χ4v) is 5.06. The van der Waals surface area contributed by atoms with Gasteiger partial charge in [-0.1, -0.05) is 60.1 Å². The summed E-state index contributed by atoms with van der Waals surface area (Å²) in [6.07, 6.45) is 0.987. The minimum Gasteiger partial charge on any atom is -0.468 e. The van der Waals surface area contributed by atoms with Gasteiger partial charge in [-0.25, -0.2) is 4.79 Å². The van der Waals surface area contributed by atoms with Crippen LogP contribution in [-0.4, -0.2) is 30.5 Å². The number of benzene rings is 2. The molecule has 0 bridgehead atoms. The lowest BCUT2D eigenvalue weighted by Crippen LogP contribution is -2.38. The molecule has 160 valence electrons. The minimum absolute atomic E-state index is 0.229. The number of esters is 2. The molecule has 0 unspecified atom stereocenters. The molecule has 0 saturated carbocycles. The molecule has 1 atom stereocenters. The lowest BCUT2D eigenvalue weighted by atomic mass is 10.0. The third kappa shape index (κ3) is 4.98. The van der Waals surface area contributed by atoms with Gasteiger partial charge in [-0.3, -0.25) is 9.69 Å². The van der Waals surface area contributed by atoms with Crippen LogP contribution in [0.5, 0.6) is 5.06 Å². The summed E-state index contributed by atoms with van der Waals surface area (Å²) in [4.78, 5) is 28.1. The molecular weight excluding hydrogens is 434 g/mol. The molecule has 1 aliphatic heterocycles. The molecule has 0 aliphatic carbocycles. The second kappa shape index (κ2) is 9.64. The second-order valence-electron chi connectivity index (χ2n) is 7.32. The summed E-state index contributed by atoms with van der Waals surface area (Å²) in [6.45, 7) is 1.23. The molecule has 0 fully saturated rings. The lowest BCUT2D eigenvalue weighted by Gasteiger charge is -2.33. The van der Waals surface area contributed by atoms with Crippen LogP contribution in [-0.2, 0) is 33.7 Å². The topological polar surface area (TPSA) is 55.8 Å². The van der Waals surface area contributed by atoms with Crippen molar-refractivity contribution in [2.24, 2.45) is 0 Å². The third-order valence-electron chi connectivity index (χ3n) is 5.27. The van der Waals surface area contributed by atoms with Crippen molar-refractivity contribution >= 4 is 34.9 Å².